The van der Waals surface area contributed by atoms with Crippen LogP contribution in [0.4, 0.5) is 11.6 Å². The molecular weight excluding hydrogens is 426 g/mol. The van der Waals surface area contributed by atoms with Crippen molar-refractivity contribution in [2.24, 2.45) is 0 Å². The van der Waals surface area contributed by atoms with E-state index in [-0.39, 0.29) is 17.2 Å². The normalized spacial score (nSPS) is 18.0. The number of anilines is 2. The average Bonchev–Trinajstić information content (AvgIpc) is 3.48. The van der Waals surface area contributed by atoms with E-state index < -0.39 is 86.5 Å². The number of Topliss-reactive ketones (excluding diaryl/α,β-unsaturated/α-hetero) is 1. The van der Waals surface area contributed by atoms with Crippen LogP contribution in [0.25, 0.3) is 0 Å². The van der Waals surface area contributed by atoms with Gasteiger partial charge >= 0.3 is 0 Å². The Kier molecular flexibility index (Phi) is 3.06. The van der Waals surface area contributed by atoms with Gasteiger partial charge in [0.05, 0.1) is 14.1 Å². The van der Waals surface area contributed by atoms with Crippen LogP contribution in [0, 0.1) is 27.6 Å². The van der Waals surface area contributed by atoms with Crippen LogP contribution in [-0.4, -0.2) is 25.3 Å². The van der Waals surface area contributed by atoms with E-state index in [4.69, 9.17) is 19.6 Å². The van der Waals surface area contributed by atoms with Crippen molar-refractivity contribution in [3.8, 4) is 0 Å². The number of amides is 1. The Hall–Kier alpha value is -2.98. The SMILES string of the molecule is [2H]c1c(C)c([2H])c(C(=O)C([2H])([2H])[2H])c(NC(=O)c2sccc2S(=O)(=O)Nc2onc(C([2H])([2H])[2H])c2C([2H])([2H])[2H])c1C. The van der Waals surface area contributed by atoms with Gasteiger partial charge in [0.25, 0.3) is 15.9 Å². The fraction of sp³-hybridized carbons (Fsp3) is 0.250. The molecule has 1 amide bonds. The maximum absolute atomic E-state index is 13.3. The molecule has 3 aromatic rings. The zero-order chi connectivity index (χ0) is 31.5. The Balaban J connectivity index is 2.09. The summed E-state index contributed by atoms with van der Waals surface area (Å²) in [6.07, 6.45) is 0. The average molecular weight is 459 g/mol. The van der Waals surface area contributed by atoms with E-state index in [0.717, 1.165) is 6.07 Å². The molecule has 0 bridgehead atoms. The van der Waals surface area contributed by atoms with E-state index in [1.165, 1.54) is 19.2 Å². The van der Waals surface area contributed by atoms with Crippen molar-refractivity contribution < 1.29 is 37.6 Å². The van der Waals surface area contributed by atoms with Gasteiger partial charge in [0.2, 0.25) is 5.88 Å². The van der Waals surface area contributed by atoms with Gasteiger partial charge in [0.1, 0.15) is 9.77 Å². The van der Waals surface area contributed by atoms with E-state index >= 15 is 0 Å². The first-order valence-corrected chi connectivity index (χ1v) is 10.4. The minimum atomic E-state index is -4.83. The topological polar surface area (TPSA) is 118 Å². The van der Waals surface area contributed by atoms with Gasteiger partial charge in [0, 0.05) is 23.5 Å². The lowest BCUT2D eigenvalue weighted by Crippen LogP contribution is -2.20. The standard InChI is InChI=1S/C20H21N3O5S2/c1-10-8-11(2)17(15(9-10)14(5)24)21-19(25)18-16(6-7-29-18)30(26,27)23-20-12(3)13(4)22-28-20/h6-9,23H,1-5H3,(H,21,25)/i3D3,4D3,5D3,8D,9D. The molecule has 0 spiro atoms. The third kappa shape index (κ3) is 4.14. The highest BCUT2D eigenvalue weighted by molar-refractivity contribution is 7.93. The summed E-state index contributed by atoms with van der Waals surface area (Å²) in [5.41, 5.74) is -3.23. The van der Waals surface area contributed by atoms with E-state index in [1.54, 1.807) is 4.72 Å². The quantitative estimate of drug-likeness (QED) is 0.534. The van der Waals surface area contributed by atoms with Gasteiger partial charge in [-0.15, -0.1) is 11.3 Å². The number of ketones is 1. The minimum absolute atomic E-state index is 0.0229. The van der Waals surface area contributed by atoms with Crippen LogP contribution < -0.4 is 10.0 Å². The highest BCUT2D eigenvalue weighted by Gasteiger charge is 2.27. The van der Waals surface area contributed by atoms with Crippen molar-refractivity contribution >= 4 is 44.6 Å². The molecule has 0 saturated heterocycles. The second kappa shape index (κ2) is 8.04. The predicted octanol–water partition coefficient (Wildman–Crippen LogP) is 4.23. The van der Waals surface area contributed by atoms with Crippen LogP contribution in [0.5, 0.6) is 0 Å². The predicted molar refractivity (Wildman–Crippen MR) is 115 cm³/mol. The van der Waals surface area contributed by atoms with Gasteiger partial charge in [0.15, 0.2) is 5.78 Å². The molecule has 0 radical (unpaired) electrons. The number of nitrogens with one attached hydrogen (secondary N) is 2. The first-order valence-electron chi connectivity index (χ1n) is 13.6. The summed E-state index contributed by atoms with van der Waals surface area (Å²) in [6.45, 7) is -6.80. The lowest BCUT2D eigenvalue weighted by Gasteiger charge is -2.14. The number of nitrogens with zero attached hydrogens (tertiary/aromatic N) is 1. The molecule has 0 unspecified atom stereocenters. The summed E-state index contributed by atoms with van der Waals surface area (Å²) in [4.78, 5) is 24.7. The summed E-state index contributed by atoms with van der Waals surface area (Å²) in [7, 11) is -4.83. The summed E-state index contributed by atoms with van der Waals surface area (Å²) in [5, 5.41) is 6.63. The van der Waals surface area contributed by atoms with E-state index in [9.17, 15) is 18.0 Å². The molecule has 0 atom stereocenters. The molecule has 1 aromatic carbocycles. The largest absolute Gasteiger partial charge is 0.337 e. The molecule has 0 fully saturated rings. The van der Waals surface area contributed by atoms with Crippen LogP contribution in [0.3, 0.4) is 0 Å². The fourth-order valence-corrected chi connectivity index (χ4v) is 4.84. The smallest absolute Gasteiger partial charge is 0.267 e. The third-order valence-electron chi connectivity index (χ3n) is 3.82. The van der Waals surface area contributed by atoms with Gasteiger partial charge in [-0.25, -0.2) is 13.1 Å². The van der Waals surface area contributed by atoms with E-state index in [0.29, 0.717) is 11.3 Å². The van der Waals surface area contributed by atoms with Gasteiger partial charge in [-0.3, -0.25) is 9.59 Å². The Morgan fingerprint density at radius 1 is 1.27 bits per heavy atom. The number of aromatic nitrogens is 1. The number of thiophene rings is 1. The molecule has 0 aliphatic heterocycles. The number of hydrogen-bond donors (Lipinski definition) is 2. The maximum atomic E-state index is 13.3. The van der Waals surface area contributed by atoms with E-state index in [2.05, 4.69) is 10.5 Å². The molecule has 158 valence electrons. The number of aryl methyl sites for hydroxylation is 1. The van der Waals surface area contributed by atoms with Crippen molar-refractivity contribution in [3.05, 3.63) is 56.4 Å². The molecule has 3 rings (SSSR count). The Bertz CT molecular complexity index is 1650. The van der Waals surface area contributed by atoms with Gasteiger partial charge in [-0.1, -0.05) is 11.2 Å². The molecule has 0 aliphatic rings. The number of benzene rings is 1. The molecule has 0 aliphatic carbocycles. The number of rotatable bonds is 6. The minimum Gasteiger partial charge on any atom is -0.337 e. The molecule has 8 nitrogen and oxygen atoms in total. The van der Waals surface area contributed by atoms with Crippen molar-refractivity contribution in [1.82, 2.24) is 5.16 Å². The molecule has 2 heterocycles. The van der Waals surface area contributed by atoms with Gasteiger partial charge in [-0.2, -0.15) is 0 Å². The maximum Gasteiger partial charge on any atom is 0.267 e. The zero-order valence-corrected chi connectivity index (χ0v) is 17.1. The molecule has 2 aromatic heterocycles. The lowest BCUT2D eigenvalue weighted by molar-refractivity contribution is 0.101. The monoisotopic (exact) mass is 458 g/mol. The summed E-state index contributed by atoms with van der Waals surface area (Å²) < 4.78 is 117. The third-order valence-corrected chi connectivity index (χ3v) is 6.24. The van der Waals surface area contributed by atoms with Crippen molar-refractivity contribution in [2.45, 2.75) is 39.3 Å². The van der Waals surface area contributed by atoms with Crippen molar-refractivity contribution in [3.63, 3.8) is 0 Å². The summed E-state index contributed by atoms with van der Waals surface area (Å²) in [6, 6.07) is 0.103. The zero-order valence-electron chi connectivity index (χ0n) is 26.5. The van der Waals surface area contributed by atoms with Crippen LogP contribution in [-0.2, 0) is 10.0 Å². The van der Waals surface area contributed by atoms with Crippen LogP contribution in [0.1, 0.15) is 64.3 Å². The second-order valence-corrected chi connectivity index (χ2v) is 8.55. The van der Waals surface area contributed by atoms with E-state index in [1.807, 2.05) is 0 Å². The first kappa shape index (κ1) is 11.4. The van der Waals surface area contributed by atoms with Crippen LogP contribution in [0.15, 0.2) is 32.9 Å². The molecular formula is C20H21N3O5S2. The molecule has 10 heteroatoms. The lowest BCUT2D eigenvalue weighted by atomic mass is 10.0. The highest BCUT2D eigenvalue weighted by Crippen LogP contribution is 2.29. The van der Waals surface area contributed by atoms with Crippen molar-refractivity contribution in [1.29, 1.82) is 0 Å². The van der Waals surface area contributed by atoms with Crippen LogP contribution >= 0.6 is 11.3 Å². The summed E-state index contributed by atoms with van der Waals surface area (Å²) in [5.74, 6) is -3.65. The Morgan fingerprint density at radius 3 is 2.77 bits per heavy atom. The van der Waals surface area contributed by atoms with Crippen LogP contribution in [0.2, 0.25) is 0 Å². The fourth-order valence-electron chi connectivity index (χ4n) is 2.52. The second-order valence-electron chi connectivity index (χ2n) is 5.99. The summed E-state index contributed by atoms with van der Waals surface area (Å²) >= 11 is 0.602. The van der Waals surface area contributed by atoms with Crippen molar-refractivity contribution in [2.75, 3.05) is 10.0 Å². The molecule has 30 heavy (non-hydrogen) atoms. The number of sulfonamides is 1. The van der Waals surface area contributed by atoms with Gasteiger partial charge in [-0.05, 0) is 63.0 Å². The number of carbonyl (C=O) groups excluding carboxylic acids is 2. The Labute approximate surface area is 193 Å². The number of hydrogen-bond acceptors (Lipinski definition) is 7. The highest BCUT2D eigenvalue weighted by atomic mass is 32.2. The first-order chi connectivity index (χ1) is 18.5. The molecule has 2 N–H and O–H groups in total. The number of carbonyl (C=O) groups is 2. The van der Waals surface area contributed by atoms with Gasteiger partial charge < -0.3 is 9.84 Å². The molecule has 0 saturated carbocycles. The Morgan fingerprint density at radius 2 is 2.07 bits per heavy atom.